The lowest BCUT2D eigenvalue weighted by atomic mass is 9.80. The number of thiazole rings is 1. The number of aryl methyl sites for hydroxylation is 1. The molecule has 2 aliphatic rings. The Kier molecular flexibility index (Phi) is 14.0. The first-order valence-electron chi connectivity index (χ1n) is 20.3. The Morgan fingerprint density at radius 2 is 1.52 bits per heavy atom. The van der Waals surface area contributed by atoms with E-state index >= 15 is 0 Å². The minimum absolute atomic E-state index is 0.0567. The zero-order chi connectivity index (χ0) is 44.5. The first-order valence-corrected chi connectivity index (χ1v) is 22.3. The number of β-lactam (4-membered cyclic amide) rings is 1. The molecule has 16 heteroatoms. The number of nitrogens with one attached hydrogen (secondary N) is 1. The van der Waals surface area contributed by atoms with Gasteiger partial charge in [0.15, 0.2) is 10.8 Å². The molecule has 324 valence electrons. The van der Waals surface area contributed by atoms with Crippen LogP contribution in [0.3, 0.4) is 0 Å². The van der Waals surface area contributed by atoms with E-state index in [1.54, 1.807) is 29.8 Å². The third-order valence-corrected chi connectivity index (χ3v) is 12.5. The molecule has 14 nitrogen and oxygen atoms in total. The molecule has 2 aromatic heterocycles. The van der Waals surface area contributed by atoms with Gasteiger partial charge in [-0.2, -0.15) is 0 Å². The molecule has 4 heterocycles. The van der Waals surface area contributed by atoms with Crippen molar-refractivity contribution in [1.82, 2.24) is 20.2 Å². The van der Waals surface area contributed by atoms with E-state index in [2.05, 4.69) is 20.4 Å². The molecule has 7 rings (SSSR count). The van der Waals surface area contributed by atoms with E-state index in [0.29, 0.717) is 18.4 Å². The molecule has 0 bridgehead atoms. The number of allylic oxidation sites excluding steroid dienone is 1. The molecule has 1 fully saturated rings. The summed E-state index contributed by atoms with van der Waals surface area (Å²) in [5.74, 6) is -1.99. The number of oxime groups is 1. The lowest BCUT2D eigenvalue weighted by Gasteiger charge is -2.49. The van der Waals surface area contributed by atoms with E-state index in [-0.39, 0.29) is 34.1 Å². The van der Waals surface area contributed by atoms with Gasteiger partial charge in [-0.1, -0.05) is 128 Å². The maximum Gasteiger partial charge on any atom is 0.511 e. The number of benzene rings is 3. The van der Waals surface area contributed by atoms with Crippen LogP contribution in [0, 0.1) is 6.92 Å². The van der Waals surface area contributed by atoms with Gasteiger partial charge < -0.3 is 30.1 Å². The van der Waals surface area contributed by atoms with Crippen molar-refractivity contribution in [3.05, 3.63) is 166 Å². The fourth-order valence-electron chi connectivity index (χ4n) is 7.21. The molecule has 0 aliphatic carbocycles. The lowest BCUT2D eigenvalue weighted by molar-refractivity contribution is -0.169. The number of hydrogen-bond donors (Lipinski definition) is 2. The number of amides is 2. The van der Waals surface area contributed by atoms with E-state index in [4.69, 9.17) is 24.8 Å². The number of esters is 1. The Bertz CT molecular complexity index is 2430. The number of anilines is 1. The van der Waals surface area contributed by atoms with E-state index < -0.39 is 47.2 Å². The highest BCUT2D eigenvalue weighted by molar-refractivity contribution is 8.00. The highest BCUT2D eigenvalue weighted by Crippen LogP contribution is 2.43. The average Bonchev–Trinajstić information content (AvgIpc) is 3.74. The summed E-state index contributed by atoms with van der Waals surface area (Å²) in [6.07, 6.45) is 3.67. The van der Waals surface area contributed by atoms with Gasteiger partial charge in [-0.3, -0.25) is 19.5 Å². The van der Waals surface area contributed by atoms with Crippen molar-refractivity contribution in [2.24, 2.45) is 5.16 Å². The monoisotopic (exact) mass is 886 g/mol. The molecule has 1 saturated heterocycles. The second kappa shape index (κ2) is 19.9. The predicted octanol–water partition coefficient (Wildman–Crippen LogP) is 7.74. The number of hydrogen-bond acceptors (Lipinski definition) is 14. The minimum atomic E-state index is -1.35. The van der Waals surface area contributed by atoms with Crippen molar-refractivity contribution in [2.75, 3.05) is 11.5 Å². The van der Waals surface area contributed by atoms with Crippen LogP contribution in [0.2, 0.25) is 0 Å². The maximum absolute atomic E-state index is 14.5. The van der Waals surface area contributed by atoms with Crippen LogP contribution >= 0.6 is 23.1 Å². The van der Waals surface area contributed by atoms with Crippen LogP contribution in [-0.2, 0) is 39.0 Å². The van der Waals surface area contributed by atoms with Crippen molar-refractivity contribution >= 4 is 64.0 Å². The van der Waals surface area contributed by atoms with Gasteiger partial charge in [-0.15, -0.1) is 23.1 Å². The Hall–Kier alpha value is -6.78. The van der Waals surface area contributed by atoms with Crippen molar-refractivity contribution in [3.63, 3.8) is 0 Å². The van der Waals surface area contributed by atoms with Gasteiger partial charge in [0.1, 0.15) is 28.9 Å². The minimum Gasteiger partial charge on any atom is -0.431 e. The molecule has 2 amide bonds. The number of carbonyl (C=O) groups excluding carboxylic acids is 4. The standard InChI is InChI=1S/C47H46N6O8S2/c1-5-36(6-2)60-46(57)59-30(4)58-44(56)40-32(25-24-31-17-16-26-49-29(31)3)27-62-43-39(42(55)53(40)43)51-41(54)38(37-28-63-45(48)50-37)52-61-47(33-18-10-7-11-19-33,34-20-12-8-13-21-34)35-22-14-9-15-23-35/h7-26,28,30,36,39,43H,5-6,27H2,1-4H3,(H2,48,50)(H,51,54)/b25-24-,52-38?/t30?,39-,43+/m1/s1. The fourth-order valence-corrected chi connectivity index (χ4v) is 9.08. The van der Waals surface area contributed by atoms with E-state index in [9.17, 15) is 19.2 Å². The number of fused-ring (bicyclic) bond motifs is 1. The maximum atomic E-state index is 14.5. The van der Waals surface area contributed by atoms with Gasteiger partial charge in [-0.25, -0.2) is 14.6 Å². The smallest absolute Gasteiger partial charge is 0.431 e. The molecule has 1 unspecified atom stereocenters. The number of carbonyl (C=O) groups is 4. The Morgan fingerprint density at radius 3 is 2.08 bits per heavy atom. The molecule has 0 spiro atoms. The summed E-state index contributed by atoms with van der Waals surface area (Å²) in [5, 5.41) is 8.45. The van der Waals surface area contributed by atoms with Crippen molar-refractivity contribution in [1.29, 1.82) is 0 Å². The number of ether oxygens (including phenoxy) is 3. The summed E-state index contributed by atoms with van der Waals surface area (Å²) in [7, 11) is 0. The van der Waals surface area contributed by atoms with Crippen LogP contribution in [0.4, 0.5) is 9.93 Å². The highest BCUT2D eigenvalue weighted by atomic mass is 32.2. The number of nitrogens with zero attached hydrogens (tertiary/aromatic N) is 4. The van der Waals surface area contributed by atoms with Gasteiger partial charge in [0.05, 0.1) is 0 Å². The summed E-state index contributed by atoms with van der Waals surface area (Å²) >= 11 is 2.46. The van der Waals surface area contributed by atoms with Gasteiger partial charge in [0, 0.05) is 46.6 Å². The number of nitrogen functional groups attached to an aromatic ring is 1. The van der Waals surface area contributed by atoms with Crippen LogP contribution in [0.25, 0.3) is 6.08 Å². The van der Waals surface area contributed by atoms with Crippen LogP contribution in [0.5, 0.6) is 0 Å². The summed E-state index contributed by atoms with van der Waals surface area (Å²) in [5.41, 5.74) is 8.85. The molecule has 0 radical (unpaired) electrons. The predicted molar refractivity (Wildman–Crippen MR) is 241 cm³/mol. The second-order valence-electron chi connectivity index (χ2n) is 14.5. The molecular weight excluding hydrogens is 841 g/mol. The summed E-state index contributed by atoms with van der Waals surface area (Å²) in [4.78, 5) is 71.8. The van der Waals surface area contributed by atoms with Crippen molar-refractivity contribution < 1.29 is 38.2 Å². The number of nitrogens with two attached hydrogens (primary N) is 1. The molecule has 5 aromatic rings. The Labute approximate surface area is 373 Å². The largest absolute Gasteiger partial charge is 0.511 e. The first-order chi connectivity index (χ1) is 30.5. The topological polar surface area (TPSA) is 185 Å². The quantitative estimate of drug-likeness (QED) is 0.0246. The molecule has 3 N–H and O–H groups in total. The number of thioether (sulfide) groups is 1. The van der Waals surface area contributed by atoms with E-state index in [0.717, 1.165) is 39.3 Å². The third kappa shape index (κ3) is 9.66. The average molecular weight is 887 g/mol. The highest BCUT2D eigenvalue weighted by Gasteiger charge is 2.55. The third-order valence-electron chi connectivity index (χ3n) is 10.5. The van der Waals surface area contributed by atoms with Crippen LogP contribution in [-0.4, -0.2) is 74.1 Å². The van der Waals surface area contributed by atoms with Crippen molar-refractivity contribution in [2.45, 2.75) is 69.9 Å². The zero-order valence-corrected chi connectivity index (χ0v) is 36.6. The van der Waals surface area contributed by atoms with Crippen LogP contribution in [0.15, 0.2) is 137 Å². The fraction of sp³-hybridized carbons (Fsp3) is 0.255. The van der Waals surface area contributed by atoms with E-state index in [1.165, 1.54) is 23.6 Å². The first kappa shape index (κ1) is 44.3. The van der Waals surface area contributed by atoms with Gasteiger partial charge in [-0.05, 0) is 37.0 Å². The summed E-state index contributed by atoms with van der Waals surface area (Å²) < 4.78 is 16.2. The van der Waals surface area contributed by atoms with Crippen molar-refractivity contribution in [3.8, 4) is 0 Å². The van der Waals surface area contributed by atoms with Crippen LogP contribution in [0.1, 0.15) is 67.3 Å². The zero-order valence-electron chi connectivity index (χ0n) is 35.0. The SMILES string of the molecule is CCC(CC)OC(=O)OC(C)OC(=O)C1=C(/C=C\c2cccnc2C)CS[C@H]2[C@H](NC(=O)C(=NOC(c3ccccc3)(c3ccccc3)c3ccccc3)c3csc(N)n3)C(=O)N12. The van der Waals surface area contributed by atoms with Gasteiger partial charge in [0.25, 0.3) is 11.8 Å². The Balaban J connectivity index is 1.19. The molecule has 0 saturated carbocycles. The number of rotatable bonds is 16. The molecule has 63 heavy (non-hydrogen) atoms. The molecule has 3 atom stereocenters. The number of aromatic nitrogens is 2. The Morgan fingerprint density at radius 1 is 0.905 bits per heavy atom. The lowest BCUT2D eigenvalue weighted by Crippen LogP contribution is -2.71. The van der Waals surface area contributed by atoms with Gasteiger partial charge >= 0.3 is 12.1 Å². The second-order valence-corrected chi connectivity index (χ2v) is 16.5. The van der Waals surface area contributed by atoms with Crippen LogP contribution < -0.4 is 11.1 Å². The van der Waals surface area contributed by atoms with E-state index in [1.807, 2.05) is 118 Å². The molecular formula is C47H46N6O8S2. The normalized spacial score (nSPS) is 16.9. The molecule has 3 aromatic carbocycles. The number of pyridine rings is 1. The molecule has 2 aliphatic heterocycles. The van der Waals surface area contributed by atoms with Gasteiger partial charge in [0.2, 0.25) is 11.9 Å². The summed E-state index contributed by atoms with van der Waals surface area (Å²) in [6.45, 7) is 6.99. The summed E-state index contributed by atoms with van der Waals surface area (Å²) in [6, 6.07) is 31.1.